The molecule has 3 rings (SSSR count). The molecule has 9 heteroatoms. The first-order valence-corrected chi connectivity index (χ1v) is 10.9. The van der Waals surface area contributed by atoms with Crippen LogP contribution in [0.2, 0.25) is 0 Å². The van der Waals surface area contributed by atoms with Gasteiger partial charge in [0.25, 0.3) is 5.91 Å². The topological polar surface area (TPSA) is 109 Å². The van der Waals surface area contributed by atoms with Gasteiger partial charge in [-0.3, -0.25) is 9.59 Å². The van der Waals surface area contributed by atoms with Crippen LogP contribution in [0.4, 0.5) is 10.5 Å². The summed E-state index contributed by atoms with van der Waals surface area (Å²) in [6, 6.07) is 4.54. The Bertz CT molecular complexity index is 815. The third-order valence-electron chi connectivity index (χ3n) is 5.59. The van der Waals surface area contributed by atoms with Gasteiger partial charge in [-0.25, -0.2) is 4.79 Å². The van der Waals surface area contributed by atoms with Gasteiger partial charge in [-0.05, 0) is 44.4 Å². The predicted octanol–water partition coefficient (Wildman–Crippen LogP) is 2.12. The van der Waals surface area contributed by atoms with Crippen molar-refractivity contribution in [2.45, 2.75) is 57.8 Å². The van der Waals surface area contributed by atoms with Crippen LogP contribution < -0.4 is 20.7 Å². The smallest absolute Gasteiger partial charge is 0.319 e. The van der Waals surface area contributed by atoms with Gasteiger partial charge < -0.3 is 30.3 Å². The molecule has 2 heterocycles. The molecule has 0 bridgehead atoms. The lowest BCUT2D eigenvalue weighted by molar-refractivity contribution is -0.134. The molecule has 0 spiro atoms. The van der Waals surface area contributed by atoms with Crippen LogP contribution in [0.3, 0.4) is 0 Å². The van der Waals surface area contributed by atoms with E-state index in [9.17, 15) is 14.4 Å². The van der Waals surface area contributed by atoms with Gasteiger partial charge in [0, 0.05) is 25.8 Å². The predicted molar refractivity (Wildman–Crippen MR) is 116 cm³/mol. The first-order chi connectivity index (χ1) is 14.9. The van der Waals surface area contributed by atoms with Crippen LogP contribution in [-0.4, -0.2) is 67.7 Å². The highest BCUT2D eigenvalue weighted by molar-refractivity contribution is 5.99. The monoisotopic (exact) mass is 432 g/mol. The van der Waals surface area contributed by atoms with Crippen LogP contribution in [0.25, 0.3) is 0 Å². The van der Waals surface area contributed by atoms with Gasteiger partial charge in [-0.2, -0.15) is 0 Å². The van der Waals surface area contributed by atoms with Crippen molar-refractivity contribution >= 4 is 23.5 Å². The van der Waals surface area contributed by atoms with Crippen LogP contribution >= 0.6 is 0 Å². The molecule has 1 aromatic carbocycles. The van der Waals surface area contributed by atoms with E-state index in [4.69, 9.17) is 9.47 Å². The lowest BCUT2D eigenvalue weighted by Gasteiger charge is -2.42. The summed E-state index contributed by atoms with van der Waals surface area (Å²) in [6.07, 6.45) is 2.13. The summed E-state index contributed by atoms with van der Waals surface area (Å²) in [4.78, 5) is 38.7. The highest BCUT2D eigenvalue weighted by Gasteiger charge is 2.39. The minimum atomic E-state index is -0.329. The van der Waals surface area contributed by atoms with E-state index in [1.165, 1.54) is 0 Å². The Kier molecular flexibility index (Phi) is 7.73. The zero-order chi connectivity index (χ0) is 22.4. The Hall–Kier alpha value is -2.81. The third kappa shape index (κ3) is 5.66. The second-order valence-electron chi connectivity index (χ2n) is 7.92. The molecule has 0 aromatic heterocycles. The number of rotatable bonds is 6. The Labute approximate surface area is 182 Å². The molecule has 1 fully saturated rings. The second-order valence-corrected chi connectivity index (χ2v) is 7.92. The molecular formula is C22H32N4O5. The van der Waals surface area contributed by atoms with Crippen LogP contribution in [-0.2, 0) is 9.53 Å². The summed E-state index contributed by atoms with van der Waals surface area (Å²) in [7, 11) is 1.76. The number of benzene rings is 1. The van der Waals surface area contributed by atoms with E-state index in [2.05, 4.69) is 16.0 Å². The minimum absolute atomic E-state index is 0.0148. The molecule has 0 unspecified atom stereocenters. The van der Waals surface area contributed by atoms with Crippen molar-refractivity contribution in [3.05, 3.63) is 23.8 Å². The number of carbonyl (C=O) groups is 3. The van der Waals surface area contributed by atoms with Gasteiger partial charge in [-0.15, -0.1) is 0 Å². The van der Waals surface area contributed by atoms with E-state index < -0.39 is 0 Å². The van der Waals surface area contributed by atoms with Crippen LogP contribution in [0.5, 0.6) is 5.75 Å². The van der Waals surface area contributed by atoms with Crippen molar-refractivity contribution in [1.82, 2.24) is 15.5 Å². The Morgan fingerprint density at radius 3 is 2.74 bits per heavy atom. The number of likely N-dealkylation sites (N-methyl/N-ethyl adjacent to an activating group) is 1. The van der Waals surface area contributed by atoms with Crippen molar-refractivity contribution in [2.75, 3.05) is 32.1 Å². The molecule has 1 aromatic rings. The summed E-state index contributed by atoms with van der Waals surface area (Å²) in [5, 5.41) is 8.26. The highest BCUT2D eigenvalue weighted by atomic mass is 16.5. The number of amides is 4. The number of hydrogen-bond donors (Lipinski definition) is 3. The first kappa shape index (κ1) is 22.9. The molecule has 1 saturated heterocycles. The number of ether oxygens (including phenoxy) is 2. The van der Waals surface area contributed by atoms with E-state index in [-0.39, 0.29) is 42.7 Å². The molecule has 2 aliphatic heterocycles. The van der Waals surface area contributed by atoms with Crippen molar-refractivity contribution < 1.29 is 23.9 Å². The summed E-state index contributed by atoms with van der Waals surface area (Å²) < 4.78 is 12.1. The fourth-order valence-electron chi connectivity index (χ4n) is 3.98. The van der Waals surface area contributed by atoms with Gasteiger partial charge in [0.05, 0.1) is 24.1 Å². The van der Waals surface area contributed by atoms with E-state index in [1.807, 2.05) is 13.8 Å². The normalized spacial score (nSPS) is 22.9. The van der Waals surface area contributed by atoms with E-state index in [1.54, 1.807) is 30.1 Å². The lowest BCUT2D eigenvalue weighted by Crippen LogP contribution is -2.54. The maximum Gasteiger partial charge on any atom is 0.319 e. The molecule has 3 N–H and O–H groups in total. The zero-order valence-corrected chi connectivity index (χ0v) is 18.4. The second kappa shape index (κ2) is 10.5. The number of fused-ring (bicyclic) bond motifs is 2. The number of hydrogen-bond acceptors (Lipinski definition) is 5. The fraction of sp³-hybridized carbons (Fsp3) is 0.591. The molecule has 4 amide bonds. The SMILES string of the molecule is CCCNC(=O)C[C@@H]1CC[C@@H]2[C@@H](COc3ccc(NC(=O)NCC)cc3C(=O)N2C)O1. The zero-order valence-electron chi connectivity index (χ0n) is 18.4. The van der Waals surface area contributed by atoms with Gasteiger partial charge in [-0.1, -0.05) is 6.92 Å². The largest absolute Gasteiger partial charge is 0.490 e. The van der Waals surface area contributed by atoms with Crippen molar-refractivity contribution in [3.63, 3.8) is 0 Å². The van der Waals surface area contributed by atoms with Gasteiger partial charge in [0.2, 0.25) is 5.91 Å². The Morgan fingerprint density at radius 2 is 2.00 bits per heavy atom. The molecule has 31 heavy (non-hydrogen) atoms. The number of carbonyl (C=O) groups excluding carboxylic acids is 3. The number of nitrogens with one attached hydrogen (secondary N) is 3. The third-order valence-corrected chi connectivity index (χ3v) is 5.59. The van der Waals surface area contributed by atoms with Crippen LogP contribution in [0, 0.1) is 0 Å². The van der Waals surface area contributed by atoms with Crippen molar-refractivity contribution in [2.24, 2.45) is 0 Å². The minimum Gasteiger partial charge on any atom is -0.490 e. The van der Waals surface area contributed by atoms with Crippen molar-refractivity contribution in [3.8, 4) is 5.75 Å². The Morgan fingerprint density at radius 1 is 1.19 bits per heavy atom. The summed E-state index contributed by atoms with van der Waals surface area (Å²) in [5.74, 6) is 0.245. The number of anilines is 1. The standard InChI is InChI=1S/C22H32N4O5/c1-4-10-24-20(27)12-15-7-8-17-19(31-15)13-30-18-9-6-14(25-22(29)23-5-2)11-16(18)21(28)26(17)3/h6,9,11,15,17,19H,4-5,7-8,10,12-13H2,1-3H3,(H,24,27)(H2,23,25,29)/t15-,17+,19+/m0/s1. The van der Waals surface area contributed by atoms with E-state index in [0.29, 0.717) is 42.9 Å². The molecule has 0 aliphatic carbocycles. The fourth-order valence-corrected chi connectivity index (χ4v) is 3.98. The number of nitrogens with zero attached hydrogens (tertiary/aromatic N) is 1. The van der Waals surface area contributed by atoms with Gasteiger partial charge >= 0.3 is 6.03 Å². The molecule has 0 radical (unpaired) electrons. The van der Waals surface area contributed by atoms with Crippen molar-refractivity contribution in [1.29, 1.82) is 0 Å². The quantitative estimate of drug-likeness (QED) is 0.638. The average molecular weight is 433 g/mol. The van der Waals surface area contributed by atoms with E-state index in [0.717, 1.165) is 12.8 Å². The van der Waals surface area contributed by atoms with Crippen LogP contribution in [0.1, 0.15) is 49.9 Å². The molecule has 2 aliphatic rings. The molecule has 3 atom stereocenters. The van der Waals surface area contributed by atoms with E-state index >= 15 is 0 Å². The van der Waals surface area contributed by atoms with Crippen LogP contribution in [0.15, 0.2) is 18.2 Å². The molecule has 170 valence electrons. The lowest BCUT2D eigenvalue weighted by atomic mass is 9.94. The van der Waals surface area contributed by atoms with Gasteiger partial charge in [0.1, 0.15) is 18.5 Å². The number of urea groups is 1. The summed E-state index contributed by atoms with van der Waals surface area (Å²) >= 11 is 0. The summed E-state index contributed by atoms with van der Waals surface area (Å²) in [5.41, 5.74) is 0.918. The maximum absolute atomic E-state index is 13.2. The average Bonchev–Trinajstić information content (AvgIpc) is 2.75. The maximum atomic E-state index is 13.2. The summed E-state index contributed by atoms with van der Waals surface area (Å²) in [6.45, 7) is 5.29. The Balaban J connectivity index is 1.71. The molecule has 9 nitrogen and oxygen atoms in total. The van der Waals surface area contributed by atoms with Gasteiger partial charge in [0.15, 0.2) is 0 Å². The molecular weight excluding hydrogens is 400 g/mol. The first-order valence-electron chi connectivity index (χ1n) is 10.9. The highest BCUT2D eigenvalue weighted by Crippen LogP contribution is 2.32. The molecule has 0 saturated carbocycles.